The van der Waals surface area contributed by atoms with Crippen LogP contribution in [0.4, 0.5) is 5.69 Å². The van der Waals surface area contributed by atoms with Gasteiger partial charge < -0.3 is 10.2 Å². The van der Waals surface area contributed by atoms with Gasteiger partial charge in [-0.15, -0.1) is 0 Å². The van der Waals surface area contributed by atoms with Crippen LogP contribution in [0.2, 0.25) is 5.02 Å². The van der Waals surface area contributed by atoms with Gasteiger partial charge in [-0.05, 0) is 81.1 Å². The number of carbonyl (C=O) groups excluding carboxylic acids is 2. The quantitative estimate of drug-likeness (QED) is 0.352. The van der Waals surface area contributed by atoms with Gasteiger partial charge in [0, 0.05) is 23.5 Å². The number of hydrogen-bond acceptors (Lipinski definition) is 4. The molecule has 0 aliphatic carbocycles. The van der Waals surface area contributed by atoms with E-state index in [1.807, 2.05) is 77.1 Å². The second kappa shape index (κ2) is 12.9. The minimum Gasteiger partial charge on any atom is -0.350 e. The number of benzene rings is 3. The summed E-state index contributed by atoms with van der Waals surface area (Å²) in [5, 5.41) is 3.51. The maximum atomic E-state index is 14.1. The number of aryl methyl sites for hydroxylation is 2. The lowest BCUT2D eigenvalue weighted by Gasteiger charge is -2.35. The Hall–Kier alpha value is -3.36. The Labute approximate surface area is 243 Å². The van der Waals surface area contributed by atoms with Crippen molar-refractivity contribution in [1.29, 1.82) is 0 Å². The Morgan fingerprint density at radius 1 is 0.900 bits per heavy atom. The minimum absolute atomic E-state index is 0.0684. The molecule has 0 bridgehead atoms. The van der Waals surface area contributed by atoms with Gasteiger partial charge in [-0.1, -0.05) is 60.1 Å². The predicted octanol–water partition coefficient (Wildman–Crippen LogP) is 5.28. The van der Waals surface area contributed by atoms with Crippen LogP contribution in [0.3, 0.4) is 0 Å². The third-order valence-electron chi connectivity index (χ3n) is 6.47. The number of nitrogens with zero attached hydrogens (tertiary/aromatic N) is 2. The first-order chi connectivity index (χ1) is 18.6. The van der Waals surface area contributed by atoms with E-state index >= 15 is 0 Å². The molecule has 1 N–H and O–H groups in total. The van der Waals surface area contributed by atoms with E-state index in [0.29, 0.717) is 10.7 Å². The van der Waals surface area contributed by atoms with Gasteiger partial charge in [-0.3, -0.25) is 13.9 Å². The Balaban J connectivity index is 2.09. The lowest BCUT2D eigenvalue weighted by atomic mass is 10.0. The first-order valence-corrected chi connectivity index (χ1v) is 15.3. The number of nitrogens with one attached hydrogen (secondary N) is 1. The van der Waals surface area contributed by atoms with Crippen molar-refractivity contribution in [2.24, 2.45) is 0 Å². The molecule has 2 amide bonds. The molecular formula is C31H38ClN3O4S. The fourth-order valence-electron chi connectivity index (χ4n) is 4.33. The molecular weight excluding hydrogens is 546 g/mol. The summed E-state index contributed by atoms with van der Waals surface area (Å²) >= 11 is 6.25. The van der Waals surface area contributed by atoms with E-state index in [9.17, 15) is 18.0 Å². The van der Waals surface area contributed by atoms with Crippen molar-refractivity contribution in [3.63, 3.8) is 0 Å². The van der Waals surface area contributed by atoms with Gasteiger partial charge in [0.1, 0.15) is 12.6 Å². The van der Waals surface area contributed by atoms with E-state index in [1.54, 1.807) is 30.3 Å². The zero-order valence-corrected chi connectivity index (χ0v) is 25.5. The highest BCUT2D eigenvalue weighted by molar-refractivity contribution is 7.92. The molecule has 40 heavy (non-hydrogen) atoms. The maximum Gasteiger partial charge on any atom is 0.244 e. The third kappa shape index (κ3) is 8.83. The molecule has 1 atom stereocenters. The van der Waals surface area contributed by atoms with Crippen LogP contribution >= 0.6 is 11.6 Å². The zero-order chi connectivity index (χ0) is 29.7. The van der Waals surface area contributed by atoms with Crippen molar-refractivity contribution in [1.82, 2.24) is 10.2 Å². The average molecular weight is 584 g/mol. The first kappa shape index (κ1) is 31.2. The molecule has 9 heteroatoms. The summed E-state index contributed by atoms with van der Waals surface area (Å²) < 4.78 is 27.0. The summed E-state index contributed by atoms with van der Waals surface area (Å²) in [4.78, 5) is 29.3. The van der Waals surface area contributed by atoms with E-state index in [2.05, 4.69) is 5.32 Å². The third-order valence-corrected chi connectivity index (χ3v) is 7.84. The molecule has 0 spiro atoms. The molecule has 0 fully saturated rings. The summed E-state index contributed by atoms with van der Waals surface area (Å²) in [5.41, 5.74) is 3.35. The number of amides is 2. The van der Waals surface area contributed by atoms with E-state index < -0.39 is 34.1 Å². The molecule has 0 aliphatic rings. The molecule has 214 valence electrons. The topological polar surface area (TPSA) is 86.8 Å². The van der Waals surface area contributed by atoms with Crippen LogP contribution in [-0.2, 0) is 32.6 Å². The number of carbonyl (C=O) groups is 2. The van der Waals surface area contributed by atoms with Crippen LogP contribution in [0, 0.1) is 13.8 Å². The summed E-state index contributed by atoms with van der Waals surface area (Å²) in [7, 11) is -3.83. The maximum absolute atomic E-state index is 14.1. The summed E-state index contributed by atoms with van der Waals surface area (Å²) in [6.07, 6.45) is 1.32. The standard InChI is InChI=1S/C31H38ClN3O4S/c1-22-15-16-27(17-23(22)2)35(40(6,38)39)21-29(36)34(20-25-13-10-14-26(32)18-25)28(30(37)33-31(3,4)5)19-24-11-8-7-9-12-24/h7-18,28H,19-21H2,1-6H3,(H,33,37)/t28-/m0/s1. The highest BCUT2D eigenvalue weighted by Gasteiger charge is 2.34. The fourth-order valence-corrected chi connectivity index (χ4v) is 5.39. The first-order valence-electron chi connectivity index (χ1n) is 13.1. The minimum atomic E-state index is -3.83. The normalized spacial score (nSPS) is 12.5. The van der Waals surface area contributed by atoms with Crippen molar-refractivity contribution in [2.75, 3.05) is 17.1 Å². The lowest BCUT2D eigenvalue weighted by Crippen LogP contribution is -2.56. The average Bonchev–Trinajstić information content (AvgIpc) is 2.85. The molecule has 0 heterocycles. The van der Waals surface area contributed by atoms with Gasteiger partial charge in [0.05, 0.1) is 11.9 Å². The van der Waals surface area contributed by atoms with Gasteiger partial charge in [-0.25, -0.2) is 8.42 Å². The molecule has 3 aromatic rings. The lowest BCUT2D eigenvalue weighted by molar-refractivity contribution is -0.140. The van der Waals surface area contributed by atoms with Crippen molar-refractivity contribution in [3.8, 4) is 0 Å². The monoisotopic (exact) mass is 583 g/mol. The second-order valence-corrected chi connectivity index (χ2v) is 13.5. The van der Waals surface area contributed by atoms with Gasteiger partial charge >= 0.3 is 0 Å². The Bertz CT molecular complexity index is 1450. The Kier molecular flexibility index (Phi) is 10.0. The molecule has 3 rings (SSSR count). The van der Waals surface area contributed by atoms with Gasteiger partial charge in [0.15, 0.2) is 0 Å². The number of halogens is 1. The molecule has 0 aromatic heterocycles. The highest BCUT2D eigenvalue weighted by atomic mass is 35.5. The van der Waals surface area contributed by atoms with Crippen LogP contribution in [-0.4, -0.2) is 49.5 Å². The molecule has 0 aliphatic heterocycles. The summed E-state index contributed by atoms with van der Waals surface area (Å²) in [6.45, 7) is 9.05. The smallest absolute Gasteiger partial charge is 0.244 e. The number of hydrogen-bond donors (Lipinski definition) is 1. The molecule has 0 unspecified atom stereocenters. The van der Waals surface area contributed by atoms with Crippen LogP contribution < -0.4 is 9.62 Å². The van der Waals surface area contributed by atoms with Crippen LogP contribution in [0.5, 0.6) is 0 Å². The summed E-state index contributed by atoms with van der Waals surface area (Å²) in [5.74, 6) is -0.836. The fraction of sp³-hybridized carbons (Fsp3) is 0.355. The molecule has 0 radical (unpaired) electrons. The molecule has 0 saturated heterocycles. The van der Waals surface area contributed by atoms with E-state index in [0.717, 1.165) is 32.8 Å². The van der Waals surface area contributed by atoms with Gasteiger partial charge in [0.2, 0.25) is 21.8 Å². The van der Waals surface area contributed by atoms with Crippen LogP contribution in [0.15, 0.2) is 72.8 Å². The molecule has 0 saturated carbocycles. The van der Waals surface area contributed by atoms with E-state index in [4.69, 9.17) is 11.6 Å². The van der Waals surface area contributed by atoms with Gasteiger partial charge in [0.25, 0.3) is 0 Å². The molecule has 7 nitrogen and oxygen atoms in total. The van der Waals surface area contributed by atoms with Crippen molar-refractivity contribution in [3.05, 3.63) is 100 Å². The molecule has 3 aromatic carbocycles. The van der Waals surface area contributed by atoms with Crippen molar-refractivity contribution >= 4 is 39.1 Å². The largest absolute Gasteiger partial charge is 0.350 e. The predicted molar refractivity (Wildman–Crippen MR) is 162 cm³/mol. The Morgan fingerprint density at radius 2 is 1.55 bits per heavy atom. The van der Waals surface area contributed by atoms with E-state index in [-0.39, 0.29) is 18.9 Å². The second-order valence-electron chi connectivity index (χ2n) is 11.1. The van der Waals surface area contributed by atoms with E-state index in [1.165, 1.54) is 4.90 Å². The number of sulfonamides is 1. The Morgan fingerprint density at radius 3 is 2.12 bits per heavy atom. The zero-order valence-electron chi connectivity index (χ0n) is 23.9. The van der Waals surface area contributed by atoms with Crippen LogP contribution in [0.25, 0.3) is 0 Å². The van der Waals surface area contributed by atoms with Gasteiger partial charge in [-0.2, -0.15) is 0 Å². The van der Waals surface area contributed by atoms with Crippen molar-refractivity contribution < 1.29 is 18.0 Å². The van der Waals surface area contributed by atoms with Crippen LogP contribution in [0.1, 0.15) is 43.0 Å². The number of anilines is 1. The number of rotatable bonds is 10. The SMILES string of the molecule is Cc1ccc(N(CC(=O)N(Cc2cccc(Cl)c2)[C@@H](Cc2ccccc2)C(=O)NC(C)(C)C)S(C)(=O)=O)cc1C. The highest BCUT2D eigenvalue weighted by Crippen LogP contribution is 2.23. The van der Waals surface area contributed by atoms with Crippen molar-refractivity contribution in [2.45, 2.75) is 59.2 Å². The summed E-state index contributed by atoms with van der Waals surface area (Å²) in [6, 6.07) is 20.9.